The molecule has 1 aliphatic rings. The van der Waals surface area contributed by atoms with E-state index >= 15 is 0 Å². The van der Waals surface area contributed by atoms with Gasteiger partial charge >= 0.3 is 6.03 Å². The van der Waals surface area contributed by atoms with Crippen molar-refractivity contribution in [1.82, 2.24) is 4.90 Å². The molecule has 1 saturated heterocycles. The van der Waals surface area contributed by atoms with Gasteiger partial charge in [0.25, 0.3) is 0 Å². The first kappa shape index (κ1) is 18.3. The number of likely N-dealkylation sites (tertiary alicyclic amines) is 1. The molecule has 0 bridgehead atoms. The Morgan fingerprint density at radius 2 is 1.58 bits per heavy atom. The number of urea groups is 1. The van der Waals surface area contributed by atoms with E-state index < -0.39 is 0 Å². The number of carbonyl (C=O) groups is 2. The van der Waals surface area contributed by atoms with Crippen LogP contribution in [0.3, 0.4) is 0 Å². The van der Waals surface area contributed by atoms with Gasteiger partial charge in [-0.15, -0.1) is 11.6 Å². The molecule has 1 fully saturated rings. The van der Waals surface area contributed by atoms with E-state index in [2.05, 4.69) is 5.32 Å². The van der Waals surface area contributed by atoms with Gasteiger partial charge in [-0.2, -0.15) is 0 Å². The number of hydrogen-bond donors (Lipinski definition) is 1. The van der Waals surface area contributed by atoms with Crippen molar-refractivity contribution in [3.63, 3.8) is 0 Å². The molecule has 2 aromatic carbocycles. The van der Waals surface area contributed by atoms with Crippen molar-refractivity contribution in [3.8, 4) is 0 Å². The third kappa shape index (κ3) is 4.35. The fourth-order valence-corrected chi connectivity index (χ4v) is 3.41. The summed E-state index contributed by atoms with van der Waals surface area (Å²) in [7, 11) is 0. The maximum atomic E-state index is 13.0. The summed E-state index contributed by atoms with van der Waals surface area (Å²) < 4.78 is 0. The molecule has 0 aromatic heterocycles. The van der Waals surface area contributed by atoms with Crippen molar-refractivity contribution in [2.45, 2.75) is 18.9 Å². The van der Waals surface area contributed by atoms with Gasteiger partial charge in [0.15, 0.2) is 0 Å². The number of benzene rings is 2. The number of piperidine rings is 1. The molecule has 3 rings (SSSR count). The predicted molar refractivity (Wildman–Crippen MR) is 105 cm³/mol. The zero-order chi connectivity index (χ0) is 18.4. The standard InChI is InChI=1S/C20H22ClN3O2/c21-15-19(25)23-13-11-18(12-14-23)24(17-9-5-2-6-10-17)20(26)22-16-7-3-1-4-8-16/h1-10,18H,11-15H2,(H,22,26). The van der Waals surface area contributed by atoms with E-state index in [1.165, 1.54) is 0 Å². The van der Waals surface area contributed by atoms with Gasteiger partial charge in [0.1, 0.15) is 5.88 Å². The molecule has 0 unspecified atom stereocenters. The molecule has 0 saturated carbocycles. The van der Waals surface area contributed by atoms with Gasteiger partial charge < -0.3 is 10.2 Å². The Kier molecular flexibility index (Phi) is 6.12. The Hall–Kier alpha value is -2.53. The lowest BCUT2D eigenvalue weighted by Gasteiger charge is -2.38. The number of amides is 3. The first-order valence-corrected chi connectivity index (χ1v) is 9.26. The van der Waals surface area contributed by atoms with Crippen molar-refractivity contribution < 1.29 is 9.59 Å². The first-order valence-electron chi connectivity index (χ1n) is 8.73. The van der Waals surface area contributed by atoms with Crippen LogP contribution in [0.25, 0.3) is 0 Å². The van der Waals surface area contributed by atoms with E-state index in [-0.39, 0.29) is 23.9 Å². The van der Waals surface area contributed by atoms with Gasteiger partial charge in [-0.25, -0.2) is 4.79 Å². The zero-order valence-electron chi connectivity index (χ0n) is 14.5. The van der Waals surface area contributed by atoms with Crippen molar-refractivity contribution in [2.75, 3.05) is 29.2 Å². The summed E-state index contributed by atoms with van der Waals surface area (Å²) >= 11 is 5.66. The Morgan fingerprint density at radius 1 is 1.00 bits per heavy atom. The highest BCUT2D eigenvalue weighted by molar-refractivity contribution is 6.27. The number of hydrogen-bond acceptors (Lipinski definition) is 2. The highest BCUT2D eigenvalue weighted by atomic mass is 35.5. The van der Waals surface area contributed by atoms with Gasteiger partial charge in [-0.1, -0.05) is 36.4 Å². The summed E-state index contributed by atoms with van der Waals surface area (Å²) in [5.74, 6) is -0.0493. The second-order valence-corrected chi connectivity index (χ2v) is 6.51. The molecule has 26 heavy (non-hydrogen) atoms. The molecule has 0 atom stereocenters. The van der Waals surface area contributed by atoms with E-state index in [9.17, 15) is 9.59 Å². The fraction of sp³-hybridized carbons (Fsp3) is 0.300. The minimum atomic E-state index is -0.162. The summed E-state index contributed by atoms with van der Waals surface area (Å²) in [5, 5.41) is 2.97. The second kappa shape index (κ2) is 8.72. The minimum Gasteiger partial charge on any atom is -0.342 e. The van der Waals surface area contributed by atoms with E-state index in [0.717, 1.165) is 24.2 Å². The number of rotatable bonds is 4. The molecule has 5 nitrogen and oxygen atoms in total. The molecule has 1 aliphatic heterocycles. The van der Waals surface area contributed by atoms with Gasteiger partial charge in [0.2, 0.25) is 5.91 Å². The smallest absolute Gasteiger partial charge is 0.326 e. The van der Waals surface area contributed by atoms with Crippen LogP contribution in [0.2, 0.25) is 0 Å². The highest BCUT2D eigenvalue weighted by Crippen LogP contribution is 2.25. The summed E-state index contributed by atoms with van der Waals surface area (Å²) in [6.45, 7) is 1.22. The molecule has 2 aromatic rings. The van der Waals surface area contributed by atoms with Crippen LogP contribution < -0.4 is 10.2 Å². The Balaban J connectivity index is 1.76. The highest BCUT2D eigenvalue weighted by Gasteiger charge is 2.30. The van der Waals surface area contributed by atoms with Crippen molar-refractivity contribution >= 4 is 34.9 Å². The average Bonchev–Trinajstić information content (AvgIpc) is 2.70. The van der Waals surface area contributed by atoms with Crippen LogP contribution in [0.15, 0.2) is 60.7 Å². The molecule has 3 amide bonds. The molecule has 6 heteroatoms. The Labute approximate surface area is 158 Å². The van der Waals surface area contributed by atoms with E-state index in [1.54, 1.807) is 9.80 Å². The second-order valence-electron chi connectivity index (χ2n) is 6.25. The van der Waals surface area contributed by atoms with Crippen LogP contribution in [0.1, 0.15) is 12.8 Å². The molecule has 0 aliphatic carbocycles. The summed E-state index contributed by atoms with van der Waals surface area (Å²) in [6.07, 6.45) is 1.44. The molecule has 0 radical (unpaired) electrons. The van der Waals surface area contributed by atoms with Crippen LogP contribution in [-0.2, 0) is 4.79 Å². The lowest BCUT2D eigenvalue weighted by Crippen LogP contribution is -2.50. The molecule has 0 spiro atoms. The Bertz CT molecular complexity index is 731. The number of nitrogens with zero attached hydrogens (tertiary/aromatic N) is 2. The lowest BCUT2D eigenvalue weighted by atomic mass is 10.0. The van der Waals surface area contributed by atoms with E-state index in [1.807, 2.05) is 60.7 Å². The number of para-hydroxylation sites is 2. The molecule has 136 valence electrons. The van der Waals surface area contributed by atoms with Crippen LogP contribution in [-0.4, -0.2) is 41.8 Å². The molecule has 1 heterocycles. The van der Waals surface area contributed by atoms with Crippen LogP contribution in [0.4, 0.5) is 16.2 Å². The normalized spacial score (nSPS) is 14.7. The number of alkyl halides is 1. The largest absolute Gasteiger partial charge is 0.342 e. The number of nitrogens with one attached hydrogen (secondary N) is 1. The van der Waals surface area contributed by atoms with Crippen LogP contribution >= 0.6 is 11.6 Å². The topological polar surface area (TPSA) is 52.7 Å². The molecule has 1 N–H and O–H groups in total. The fourth-order valence-electron chi connectivity index (χ4n) is 3.25. The third-order valence-electron chi connectivity index (χ3n) is 4.57. The lowest BCUT2D eigenvalue weighted by molar-refractivity contribution is -0.129. The van der Waals surface area contributed by atoms with Crippen LogP contribution in [0, 0.1) is 0 Å². The number of halogens is 1. The van der Waals surface area contributed by atoms with Gasteiger partial charge in [-0.3, -0.25) is 9.69 Å². The van der Waals surface area contributed by atoms with Crippen LogP contribution in [0.5, 0.6) is 0 Å². The van der Waals surface area contributed by atoms with Gasteiger partial charge in [0, 0.05) is 30.5 Å². The average molecular weight is 372 g/mol. The number of anilines is 2. The van der Waals surface area contributed by atoms with E-state index in [4.69, 9.17) is 11.6 Å². The monoisotopic (exact) mass is 371 g/mol. The van der Waals surface area contributed by atoms with E-state index in [0.29, 0.717) is 13.1 Å². The van der Waals surface area contributed by atoms with Crippen molar-refractivity contribution in [2.24, 2.45) is 0 Å². The summed E-state index contributed by atoms with van der Waals surface area (Å²) in [5.41, 5.74) is 1.61. The third-order valence-corrected chi connectivity index (χ3v) is 4.80. The number of carbonyl (C=O) groups excluding carboxylic acids is 2. The van der Waals surface area contributed by atoms with Crippen molar-refractivity contribution in [3.05, 3.63) is 60.7 Å². The molecular weight excluding hydrogens is 350 g/mol. The minimum absolute atomic E-state index is 0.00155. The van der Waals surface area contributed by atoms with Crippen molar-refractivity contribution in [1.29, 1.82) is 0 Å². The first-order chi connectivity index (χ1) is 12.7. The summed E-state index contributed by atoms with van der Waals surface area (Å²) in [6, 6.07) is 18.9. The molecular formula is C20H22ClN3O2. The Morgan fingerprint density at radius 3 is 2.15 bits per heavy atom. The quantitative estimate of drug-likeness (QED) is 0.827. The SMILES string of the molecule is O=C(CCl)N1CCC(N(C(=O)Nc2ccccc2)c2ccccc2)CC1. The maximum Gasteiger partial charge on any atom is 0.326 e. The maximum absolute atomic E-state index is 13.0. The van der Waals surface area contributed by atoms with Gasteiger partial charge in [-0.05, 0) is 37.1 Å². The van der Waals surface area contributed by atoms with Gasteiger partial charge in [0.05, 0.1) is 0 Å². The zero-order valence-corrected chi connectivity index (χ0v) is 15.2. The predicted octanol–water partition coefficient (Wildman–Crippen LogP) is 3.95. The summed E-state index contributed by atoms with van der Waals surface area (Å²) in [4.78, 5) is 28.4.